The largest absolute Gasteiger partial charge is 0.474 e. The topological polar surface area (TPSA) is 61.2 Å². The van der Waals surface area contributed by atoms with Gasteiger partial charge >= 0.3 is 6.18 Å². The number of rotatable bonds is 5. The molecule has 1 aliphatic heterocycles. The molecule has 0 unspecified atom stereocenters. The molecule has 0 atom stereocenters. The second kappa shape index (κ2) is 9.05. The van der Waals surface area contributed by atoms with Gasteiger partial charge in [0.1, 0.15) is 11.7 Å². The molecule has 6 nitrogen and oxygen atoms in total. The number of alkyl halides is 3. The van der Waals surface area contributed by atoms with E-state index in [1.165, 1.54) is 6.20 Å². The number of fused-ring (bicyclic) bond motifs is 3. The third-order valence-electron chi connectivity index (χ3n) is 7.30. The van der Waals surface area contributed by atoms with Crippen LogP contribution < -0.4 is 10.1 Å². The Hall–Kier alpha value is -3.17. The van der Waals surface area contributed by atoms with Crippen LogP contribution >= 0.6 is 0 Å². The van der Waals surface area contributed by atoms with Gasteiger partial charge in [-0.05, 0) is 49.7 Å². The van der Waals surface area contributed by atoms with E-state index in [2.05, 4.69) is 15.3 Å². The number of halogens is 3. The third kappa shape index (κ3) is 4.30. The molecule has 1 saturated carbocycles. The van der Waals surface area contributed by atoms with Crippen LogP contribution in [0, 0.1) is 0 Å². The SMILES string of the molecule is Cn1c2ccncc2c2ccc(-c3cnc(OC4CC(OC5CCNCC5)C4)c(C(F)(F)F)c3)cc21. The van der Waals surface area contributed by atoms with Gasteiger partial charge in [0.25, 0.3) is 0 Å². The van der Waals surface area contributed by atoms with Crippen LogP contribution in [0.3, 0.4) is 0 Å². The average Bonchev–Trinajstić information content (AvgIpc) is 3.14. The number of nitrogens with one attached hydrogen (secondary N) is 1. The van der Waals surface area contributed by atoms with Crippen molar-refractivity contribution in [3.63, 3.8) is 0 Å². The van der Waals surface area contributed by atoms with Crippen molar-refractivity contribution in [2.45, 2.75) is 50.2 Å². The van der Waals surface area contributed by atoms with E-state index >= 15 is 0 Å². The van der Waals surface area contributed by atoms with Crippen molar-refractivity contribution >= 4 is 21.8 Å². The van der Waals surface area contributed by atoms with Crippen LogP contribution in [0.1, 0.15) is 31.2 Å². The summed E-state index contributed by atoms with van der Waals surface area (Å²) in [5.41, 5.74) is 2.12. The van der Waals surface area contributed by atoms with Crippen molar-refractivity contribution in [1.82, 2.24) is 19.9 Å². The predicted octanol–water partition coefficient (Wildman–Crippen LogP) is 5.49. The predicted molar refractivity (Wildman–Crippen MR) is 131 cm³/mol. The Morgan fingerprint density at radius 3 is 2.50 bits per heavy atom. The monoisotopic (exact) mass is 496 g/mol. The molecule has 2 fully saturated rings. The Morgan fingerprint density at radius 1 is 0.917 bits per heavy atom. The Morgan fingerprint density at radius 2 is 1.72 bits per heavy atom. The van der Waals surface area contributed by atoms with Gasteiger partial charge in [0, 0.05) is 60.3 Å². The normalized spacial score (nSPS) is 21.1. The summed E-state index contributed by atoms with van der Waals surface area (Å²) in [6.45, 7) is 1.88. The molecule has 0 bridgehead atoms. The minimum Gasteiger partial charge on any atom is -0.474 e. The van der Waals surface area contributed by atoms with Crippen molar-refractivity contribution in [3.05, 3.63) is 54.5 Å². The van der Waals surface area contributed by atoms with E-state index in [1.807, 2.05) is 35.9 Å². The Bertz CT molecular complexity index is 1410. The smallest absolute Gasteiger partial charge is 0.421 e. The first-order chi connectivity index (χ1) is 17.4. The molecule has 9 heteroatoms. The fourth-order valence-electron chi connectivity index (χ4n) is 5.23. The lowest BCUT2D eigenvalue weighted by Crippen LogP contribution is -2.44. The third-order valence-corrected chi connectivity index (χ3v) is 7.30. The zero-order valence-corrected chi connectivity index (χ0v) is 19.9. The first-order valence-corrected chi connectivity index (χ1v) is 12.3. The molecule has 6 rings (SSSR count). The number of ether oxygens (including phenoxy) is 2. The standard InChI is InChI=1S/C27H27F3N4O2/c1-34-24-6-9-32-15-22(24)21-3-2-16(11-25(21)34)17-10-23(27(28,29)30)26(33-14-17)36-20-12-19(13-20)35-18-4-7-31-8-5-18/h2-3,6,9-11,14-15,18-20,31H,4-5,7-8,12-13H2,1H3. The molecular weight excluding hydrogens is 469 g/mol. The van der Waals surface area contributed by atoms with E-state index in [0.29, 0.717) is 24.0 Å². The fourth-order valence-corrected chi connectivity index (χ4v) is 5.23. The molecule has 4 heterocycles. The van der Waals surface area contributed by atoms with E-state index in [-0.39, 0.29) is 24.2 Å². The van der Waals surface area contributed by atoms with Gasteiger partial charge < -0.3 is 19.4 Å². The summed E-state index contributed by atoms with van der Waals surface area (Å²) < 4.78 is 55.8. The summed E-state index contributed by atoms with van der Waals surface area (Å²) in [5, 5.41) is 5.30. The van der Waals surface area contributed by atoms with Gasteiger partial charge in [-0.1, -0.05) is 12.1 Å². The van der Waals surface area contributed by atoms with Gasteiger partial charge in [-0.15, -0.1) is 0 Å². The molecule has 0 radical (unpaired) electrons. The van der Waals surface area contributed by atoms with Crippen molar-refractivity contribution in [1.29, 1.82) is 0 Å². The Kier molecular flexibility index (Phi) is 5.84. The fraction of sp³-hybridized carbons (Fsp3) is 0.407. The van der Waals surface area contributed by atoms with Gasteiger partial charge in [0.15, 0.2) is 0 Å². The van der Waals surface area contributed by atoms with E-state index in [9.17, 15) is 13.2 Å². The van der Waals surface area contributed by atoms with Gasteiger partial charge in [0.05, 0.1) is 17.7 Å². The molecule has 4 aromatic rings. The van der Waals surface area contributed by atoms with E-state index in [0.717, 1.165) is 53.8 Å². The molecule has 1 aliphatic carbocycles. The molecule has 1 saturated heterocycles. The number of piperidine rings is 1. The highest BCUT2D eigenvalue weighted by Crippen LogP contribution is 2.40. The highest BCUT2D eigenvalue weighted by atomic mass is 19.4. The molecule has 1 aromatic carbocycles. The lowest BCUT2D eigenvalue weighted by molar-refractivity contribution is -0.142. The second-order valence-electron chi connectivity index (χ2n) is 9.68. The molecular formula is C27H27F3N4O2. The average molecular weight is 497 g/mol. The molecule has 1 N–H and O–H groups in total. The first-order valence-electron chi connectivity index (χ1n) is 12.3. The maximum atomic E-state index is 14.0. The number of hydrogen-bond donors (Lipinski definition) is 1. The van der Waals surface area contributed by atoms with Crippen molar-refractivity contribution in [2.24, 2.45) is 7.05 Å². The molecule has 0 amide bonds. The quantitative estimate of drug-likeness (QED) is 0.396. The summed E-state index contributed by atoms with van der Waals surface area (Å²) >= 11 is 0. The summed E-state index contributed by atoms with van der Waals surface area (Å²) in [4.78, 5) is 8.32. The summed E-state index contributed by atoms with van der Waals surface area (Å²) in [6.07, 6.45) is 3.42. The van der Waals surface area contributed by atoms with Crippen LogP contribution in [0.5, 0.6) is 5.88 Å². The summed E-state index contributed by atoms with van der Waals surface area (Å²) in [7, 11) is 1.94. The number of aromatic nitrogens is 3. The van der Waals surface area contributed by atoms with Crippen LogP contribution in [0.25, 0.3) is 32.9 Å². The number of aryl methyl sites for hydroxylation is 1. The molecule has 3 aromatic heterocycles. The van der Waals surface area contributed by atoms with Crippen molar-refractivity contribution in [3.8, 4) is 17.0 Å². The van der Waals surface area contributed by atoms with E-state index < -0.39 is 11.7 Å². The second-order valence-corrected chi connectivity index (χ2v) is 9.68. The number of benzene rings is 1. The first kappa shape index (κ1) is 23.2. The minimum atomic E-state index is -4.58. The van der Waals surface area contributed by atoms with Gasteiger partial charge in [-0.3, -0.25) is 4.98 Å². The molecule has 36 heavy (non-hydrogen) atoms. The van der Waals surface area contributed by atoms with Crippen molar-refractivity contribution in [2.75, 3.05) is 13.1 Å². The number of pyridine rings is 2. The van der Waals surface area contributed by atoms with Crippen molar-refractivity contribution < 1.29 is 22.6 Å². The van der Waals surface area contributed by atoms with Crippen LogP contribution in [0.15, 0.2) is 48.9 Å². The van der Waals surface area contributed by atoms with Gasteiger partial charge in [-0.2, -0.15) is 13.2 Å². The molecule has 2 aliphatic rings. The highest BCUT2D eigenvalue weighted by Gasteiger charge is 2.39. The zero-order valence-electron chi connectivity index (χ0n) is 19.9. The summed E-state index contributed by atoms with van der Waals surface area (Å²) in [5.74, 6) is -0.367. The number of hydrogen-bond acceptors (Lipinski definition) is 5. The van der Waals surface area contributed by atoms with Crippen LogP contribution in [-0.2, 0) is 18.0 Å². The molecule has 0 spiro atoms. The Balaban J connectivity index is 1.23. The van der Waals surface area contributed by atoms with E-state index in [1.54, 1.807) is 12.4 Å². The molecule has 188 valence electrons. The van der Waals surface area contributed by atoms with Crippen LogP contribution in [-0.4, -0.2) is 45.9 Å². The van der Waals surface area contributed by atoms with Gasteiger partial charge in [-0.25, -0.2) is 4.98 Å². The summed E-state index contributed by atoms with van der Waals surface area (Å²) in [6, 6.07) is 8.69. The van der Waals surface area contributed by atoms with Gasteiger partial charge in [0.2, 0.25) is 5.88 Å². The zero-order chi connectivity index (χ0) is 24.9. The highest BCUT2D eigenvalue weighted by molar-refractivity contribution is 6.08. The van der Waals surface area contributed by atoms with Crippen LogP contribution in [0.2, 0.25) is 0 Å². The maximum absolute atomic E-state index is 14.0. The van der Waals surface area contributed by atoms with E-state index in [4.69, 9.17) is 9.47 Å². The minimum absolute atomic E-state index is 0.0365. The number of nitrogens with zero attached hydrogens (tertiary/aromatic N) is 3. The Labute approximate surface area is 206 Å². The lowest BCUT2D eigenvalue weighted by atomic mass is 9.91. The lowest BCUT2D eigenvalue weighted by Gasteiger charge is -2.38. The maximum Gasteiger partial charge on any atom is 0.421 e. The van der Waals surface area contributed by atoms with Crippen LogP contribution in [0.4, 0.5) is 13.2 Å².